The van der Waals surface area contributed by atoms with Gasteiger partial charge >= 0.3 is 0 Å². The zero-order valence-corrected chi connectivity index (χ0v) is 35.4. The molecule has 1 radical (unpaired) electrons. The van der Waals surface area contributed by atoms with Crippen molar-refractivity contribution in [3.63, 3.8) is 0 Å². The number of pyridine rings is 2. The molecule has 0 saturated heterocycles. The van der Waals surface area contributed by atoms with Gasteiger partial charge in [0, 0.05) is 37.2 Å². The van der Waals surface area contributed by atoms with Gasteiger partial charge in [0.05, 0.1) is 8.07 Å². The van der Waals surface area contributed by atoms with E-state index >= 15 is 0 Å². The number of nitrogens with zero attached hydrogens (tertiary/aromatic N) is 2. The zero-order valence-electron chi connectivity index (χ0n) is 31.2. The summed E-state index contributed by atoms with van der Waals surface area (Å²) in [6.45, 7) is 13.9. The number of benzene rings is 5. The predicted molar refractivity (Wildman–Crippen MR) is 227 cm³/mol. The molecule has 53 heavy (non-hydrogen) atoms. The van der Waals surface area contributed by atoms with Gasteiger partial charge in [-0.15, -0.1) is 59.7 Å². The minimum atomic E-state index is -1.34. The molecule has 8 rings (SSSR count). The Morgan fingerprint density at radius 1 is 0.660 bits per heavy atom. The van der Waals surface area contributed by atoms with Crippen molar-refractivity contribution in [3.8, 4) is 44.8 Å². The van der Waals surface area contributed by atoms with Crippen LogP contribution in [0.15, 0.2) is 140 Å². The molecule has 0 unspecified atom stereocenters. The molecule has 2 nitrogen and oxygen atoms in total. The van der Waals surface area contributed by atoms with E-state index < -0.39 is 8.07 Å². The van der Waals surface area contributed by atoms with E-state index in [4.69, 9.17) is 4.98 Å². The molecular formula is C48H44IrN2SSi-2. The fourth-order valence-electron chi connectivity index (χ4n) is 6.72. The Morgan fingerprint density at radius 3 is 2.09 bits per heavy atom. The maximum absolute atomic E-state index is 4.70. The van der Waals surface area contributed by atoms with E-state index in [1.165, 1.54) is 58.7 Å². The van der Waals surface area contributed by atoms with Crippen LogP contribution in [0, 0.1) is 25.0 Å². The van der Waals surface area contributed by atoms with Crippen LogP contribution in [0.1, 0.15) is 25.0 Å². The van der Waals surface area contributed by atoms with Gasteiger partial charge in [0.2, 0.25) is 0 Å². The molecule has 0 N–H and O–H groups in total. The van der Waals surface area contributed by atoms with Gasteiger partial charge in [-0.05, 0) is 80.3 Å². The van der Waals surface area contributed by atoms with Crippen LogP contribution in [0.2, 0.25) is 19.6 Å². The number of thiophene rings is 1. The largest absolute Gasteiger partial charge is 0.305 e. The summed E-state index contributed by atoms with van der Waals surface area (Å²) < 4.78 is 2.53. The van der Waals surface area contributed by atoms with Crippen molar-refractivity contribution < 1.29 is 20.1 Å². The molecular weight excluding hydrogens is 857 g/mol. The Labute approximate surface area is 333 Å². The molecule has 0 fully saturated rings. The number of rotatable bonds is 7. The number of hydrogen-bond acceptors (Lipinski definition) is 3. The van der Waals surface area contributed by atoms with Crippen molar-refractivity contribution in [3.05, 3.63) is 163 Å². The number of aromatic nitrogens is 2. The fraction of sp³-hybridized carbons (Fsp3) is 0.167. The molecule has 5 heteroatoms. The first kappa shape index (κ1) is 38.2. The van der Waals surface area contributed by atoms with Crippen LogP contribution in [0.5, 0.6) is 0 Å². The topological polar surface area (TPSA) is 25.8 Å². The first-order chi connectivity index (χ1) is 25.1. The van der Waals surface area contributed by atoms with Gasteiger partial charge < -0.3 is 9.97 Å². The molecule has 3 aromatic heterocycles. The quantitative estimate of drug-likeness (QED) is 0.118. The molecule has 8 aromatic rings. The summed E-state index contributed by atoms with van der Waals surface area (Å²) in [7, 11) is -1.34. The van der Waals surface area contributed by atoms with Crippen LogP contribution in [0.4, 0.5) is 0 Å². The van der Waals surface area contributed by atoms with Gasteiger partial charge in [0.1, 0.15) is 0 Å². The van der Waals surface area contributed by atoms with E-state index in [0.717, 1.165) is 28.9 Å². The van der Waals surface area contributed by atoms with E-state index in [1.54, 1.807) is 0 Å². The van der Waals surface area contributed by atoms with Crippen molar-refractivity contribution in [2.75, 3.05) is 0 Å². The second kappa shape index (κ2) is 16.7. The third-order valence-corrected chi connectivity index (χ3v) is 12.6. The van der Waals surface area contributed by atoms with Crippen LogP contribution >= 0.6 is 11.3 Å². The SMILES string of the molecule is CC(C)Cc1cc(-c2[c-]cccc2)ncc1[Si](C)(C)C.Cc1ccc(-c2ccc3c(c2)sc2c(-c4cc(-c5ccccc5)ccn4)[c-]ccc23)cc1.[Ir]. The molecule has 0 aliphatic rings. The summed E-state index contributed by atoms with van der Waals surface area (Å²) in [5, 5.41) is 4.04. The van der Waals surface area contributed by atoms with Crippen LogP contribution < -0.4 is 5.19 Å². The van der Waals surface area contributed by atoms with Gasteiger partial charge in [-0.1, -0.05) is 129 Å². The van der Waals surface area contributed by atoms with Crippen molar-refractivity contribution in [1.29, 1.82) is 0 Å². The second-order valence-electron chi connectivity index (χ2n) is 14.9. The summed E-state index contributed by atoms with van der Waals surface area (Å²) in [4.78, 5) is 9.39. The Balaban J connectivity index is 0.000000199. The maximum atomic E-state index is 4.70. The van der Waals surface area contributed by atoms with Crippen LogP contribution in [-0.2, 0) is 26.5 Å². The molecule has 0 bridgehead atoms. The molecule has 0 aliphatic carbocycles. The van der Waals surface area contributed by atoms with Crippen LogP contribution in [0.25, 0.3) is 64.9 Å². The monoisotopic (exact) mass is 901 g/mol. The Hall–Kier alpha value is -4.51. The first-order valence-corrected chi connectivity index (χ1v) is 22.4. The minimum Gasteiger partial charge on any atom is -0.305 e. The van der Waals surface area contributed by atoms with Crippen molar-refractivity contribution >= 4 is 44.8 Å². The summed E-state index contributed by atoms with van der Waals surface area (Å²) in [6, 6.07) is 51.5. The van der Waals surface area contributed by atoms with Gasteiger partial charge in [0.25, 0.3) is 0 Å². The molecule has 267 valence electrons. The van der Waals surface area contributed by atoms with Gasteiger partial charge in [-0.25, -0.2) is 0 Å². The molecule has 5 aromatic carbocycles. The van der Waals surface area contributed by atoms with Gasteiger partial charge in [-0.2, -0.15) is 11.3 Å². The molecule has 0 spiro atoms. The zero-order chi connectivity index (χ0) is 36.2. The third-order valence-electron chi connectivity index (χ3n) is 9.35. The number of hydrogen-bond donors (Lipinski definition) is 0. The Morgan fingerprint density at radius 2 is 1.38 bits per heavy atom. The minimum absolute atomic E-state index is 0. The Kier molecular flexibility index (Phi) is 12.0. The standard InChI is InChI=1S/C30H20NS.C18H24NSi.Ir/c1-20-10-12-22(13-11-20)23-14-15-25-26-8-5-9-27(30(26)32-29(25)19-23)28-18-24(16-17-31-28)21-6-3-2-4-7-21;1-14(2)11-16-12-17(15-9-7-6-8-10-15)19-13-18(16)20(3,4)5;/h2-8,10-19H,1H3;6-9,12-14H,11H2,1-5H3;/q2*-1;. The van der Waals surface area contributed by atoms with Gasteiger partial charge in [0.15, 0.2) is 0 Å². The van der Waals surface area contributed by atoms with E-state index in [2.05, 4.69) is 161 Å². The predicted octanol–water partition coefficient (Wildman–Crippen LogP) is 12.8. The van der Waals surface area contributed by atoms with E-state index in [1.807, 2.05) is 47.9 Å². The van der Waals surface area contributed by atoms with Crippen LogP contribution in [-0.4, -0.2) is 18.0 Å². The molecule has 0 aliphatic heterocycles. The third kappa shape index (κ3) is 8.83. The molecule has 3 heterocycles. The summed E-state index contributed by atoms with van der Waals surface area (Å²) in [6.07, 6.45) is 5.13. The van der Waals surface area contributed by atoms with Crippen molar-refractivity contribution in [1.82, 2.24) is 9.97 Å². The van der Waals surface area contributed by atoms with E-state index in [0.29, 0.717) is 5.92 Å². The average Bonchev–Trinajstić information content (AvgIpc) is 3.54. The average molecular weight is 901 g/mol. The number of fused-ring (bicyclic) bond motifs is 3. The normalized spacial score (nSPS) is 11.3. The van der Waals surface area contributed by atoms with Crippen molar-refractivity contribution in [2.45, 2.75) is 46.8 Å². The molecule has 0 amide bonds. The summed E-state index contributed by atoms with van der Waals surface area (Å²) in [5.41, 5.74) is 11.8. The second-order valence-corrected chi connectivity index (χ2v) is 21.0. The van der Waals surface area contributed by atoms with E-state index in [9.17, 15) is 0 Å². The van der Waals surface area contributed by atoms with Crippen LogP contribution in [0.3, 0.4) is 0 Å². The smallest absolute Gasteiger partial charge is 0.0798 e. The first-order valence-electron chi connectivity index (χ1n) is 18.1. The van der Waals surface area contributed by atoms with Crippen molar-refractivity contribution in [2.24, 2.45) is 5.92 Å². The Bertz CT molecular complexity index is 2450. The van der Waals surface area contributed by atoms with E-state index in [-0.39, 0.29) is 20.1 Å². The molecule has 0 atom stereocenters. The fourth-order valence-corrected chi connectivity index (χ4v) is 9.55. The van der Waals surface area contributed by atoms with Gasteiger partial charge in [-0.3, -0.25) is 0 Å². The summed E-state index contributed by atoms with van der Waals surface area (Å²) in [5.74, 6) is 0.667. The summed E-state index contributed by atoms with van der Waals surface area (Å²) >= 11 is 1.83. The number of aryl methyl sites for hydroxylation is 1. The maximum Gasteiger partial charge on any atom is 0.0798 e. The molecule has 0 saturated carbocycles.